The molecule has 2 aromatic rings. The number of hydrogen-bond donors (Lipinski definition) is 0. The first-order valence-electron chi connectivity index (χ1n) is 6.16. The number of furan rings is 1. The summed E-state index contributed by atoms with van der Waals surface area (Å²) in [6, 6.07) is 6.67. The first kappa shape index (κ1) is 14.5. The highest BCUT2D eigenvalue weighted by Gasteiger charge is 2.22. The second-order valence-electron chi connectivity index (χ2n) is 4.11. The van der Waals surface area contributed by atoms with E-state index in [2.05, 4.69) is 0 Å². The monoisotopic (exact) mass is 294 g/mol. The van der Waals surface area contributed by atoms with Crippen LogP contribution in [0, 0.1) is 0 Å². The maximum atomic E-state index is 12.4. The van der Waals surface area contributed by atoms with Crippen molar-refractivity contribution >= 4 is 17.4 Å². The molecule has 4 nitrogen and oxygen atoms in total. The molecule has 5 heteroatoms. The number of rotatable bonds is 5. The van der Waals surface area contributed by atoms with Gasteiger partial charge in [-0.3, -0.25) is 4.79 Å². The lowest BCUT2D eigenvalue weighted by molar-refractivity contribution is 0.100. The Morgan fingerprint density at radius 2 is 1.95 bits per heavy atom. The average molecular weight is 295 g/mol. The number of carbonyl (C=O) groups is 1. The van der Waals surface area contributed by atoms with E-state index < -0.39 is 0 Å². The number of methoxy groups -OCH3 is 2. The Balaban J connectivity index is 2.46. The number of benzene rings is 1. The van der Waals surface area contributed by atoms with Crippen molar-refractivity contribution in [3.8, 4) is 11.5 Å². The van der Waals surface area contributed by atoms with Crippen molar-refractivity contribution in [3.05, 3.63) is 46.4 Å². The van der Waals surface area contributed by atoms with Gasteiger partial charge in [0.25, 0.3) is 0 Å². The largest absolute Gasteiger partial charge is 0.495 e. The van der Waals surface area contributed by atoms with Gasteiger partial charge in [-0.25, -0.2) is 0 Å². The van der Waals surface area contributed by atoms with Crippen LogP contribution in [0.15, 0.2) is 28.7 Å². The predicted molar refractivity (Wildman–Crippen MR) is 76.1 cm³/mol. The molecule has 1 aromatic carbocycles. The van der Waals surface area contributed by atoms with Gasteiger partial charge in [0.15, 0.2) is 11.5 Å². The summed E-state index contributed by atoms with van der Waals surface area (Å²) in [7, 11) is 2.96. The highest BCUT2D eigenvalue weighted by Crippen LogP contribution is 2.37. The van der Waals surface area contributed by atoms with E-state index in [1.54, 1.807) is 24.3 Å². The van der Waals surface area contributed by atoms with E-state index in [1.165, 1.54) is 14.2 Å². The fourth-order valence-electron chi connectivity index (χ4n) is 1.90. The van der Waals surface area contributed by atoms with Crippen molar-refractivity contribution in [1.29, 1.82) is 0 Å². The van der Waals surface area contributed by atoms with Crippen LogP contribution in [-0.4, -0.2) is 20.0 Å². The fourth-order valence-corrected chi connectivity index (χ4v) is 2.22. The number of aryl methyl sites for hydroxylation is 1. The minimum absolute atomic E-state index is 0.265. The molecule has 0 aliphatic heterocycles. The van der Waals surface area contributed by atoms with Gasteiger partial charge in [0, 0.05) is 6.42 Å². The molecule has 0 saturated heterocycles. The topological polar surface area (TPSA) is 48.7 Å². The Hall–Kier alpha value is -1.94. The predicted octanol–water partition coefficient (Wildman–Crippen LogP) is 3.74. The number of carbonyl (C=O) groups excluding carboxylic acids is 1. The van der Waals surface area contributed by atoms with Crippen molar-refractivity contribution < 1.29 is 18.7 Å². The van der Waals surface area contributed by atoms with E-state index in [0.717, 1.165) is 12.2 Å². The Kier molecular flexibility index (Phi) is 4.35. The third-order valence-electron chi connectivity index (χ3n) is 2.96. The summed E-state index contributed by atoms with van der Waals surface area (Å²) in [4.78, 5) is 12.4. The van der Waals surface area contributed by atoms with Crippen LogP contribution in [0.4, 0.5) is 0 Å². The van der Waals surface area contributed by atoms with E-state index >= 15 is 0 Å². The molecule has 0 radical (unpaired) electrons. The number of ether oxygens (including phenoxy) is 2. The number of hydrogen-bond acceptors (Lipinski definition) is 4. The SMILES string of the molecule is CCc1ccc(C(=O)c2ccc(OC)c(Cl)c2OC)o1. The normalized spacial score (nSPS) is 10.4. The van der Waals surface area contributed by atoms with Crippen LogP contribution >= 0.6 is 11.6 Å². The Labute approximate surface area is 122 Å². The molecular weight excluding hydrogens is 280 g/mol. The zero-order valence-electron chi connectivity index (χ0n) is 11.5. The lowest BCUT2D eigenvalue weighted by Gasteiger charge is -2.11. The molecule has 0 N–H and O–H groups in total. The van der Waals surface area contributed by atoms with Gasteiger partial charge in [0.1, 0.15) is 16.5 Å². The van der Waals surface area contributed by atoms with Crippen LogP contribution in [0.2, 0.25) is 5.02 Å². The quantitative estimate of drug-likeness (QED) is 0.788. The maximum Gasteiger partial charge on any atom is 0.231 e. The molecule has 0 aliphatic rings. The van der Waals surface area contributed by atoms with Crippen molar-refractivity contribution in [1.82, 2.24) is 0 Å². The smallest absolute Gasteiger partial charge is 0.231 e. The van der Waals surface area contributed by atoms with Crippen LogP contribution in [0.3, 0.4) is 0 Å². The van der Waals surface area contributed by atoms with Crippen LogP contribution < -0.4 is 9.47 Å². The minimum Gasteiger partial charge on any atom is -0.495 e. The highest BCUT2D eigenvalue weighted by atomic mass is 35.5. The van der Waals surface area contributed by atoms with E-state index in [4.69, 9.17) is 25.5 Å². The first-order chi connectivity index (χ1) is 9.62. The highest BCUT2D eigenvalue weighted by molar-refractivity contribution is 6.34. The van der Waals surface area contributed by atoms with E-state index in [1.807, 2.05) is 6.92 Å². The standard InChI is InChI=1S/C15H15ClO4/c1-4-9-5-7-12(20-9)14(17)10-6-8-11(18-2)13(16)15(10)19-3/h5-8H,4H2,1-3H3. The second-order valence-corrected chi connectivity index (χ2v) is 4.49. The Morgan fingerprint density at radius 3 is 2.50 bits per heavy atom. The summed E-state index contributed by atoms with van der Waals surface area (Å²) in [5.74, 6) is 1.48. The van der Waals surface area contributed by atoms with Gasteiger partial charge >= 0.3 is 0 Å². The molecule has 0 amide bonds. The molecule has 0 bridgehead atoms. The first-order valence-corrected chi connectivity index (χ1v) is 6.54. The summed E-state index contributed by atoms with van der Waals surface area (Å²) in [6.07, 6.45) is 0.730. The third kappa shape index (κ3) is 2.51. The molecule has 20 heavy (non-hydrogen) atoms. The van der Waals surface area contributed by atoms with Crippen molar-refractivity contribution in [2.45, 2.75) is 13.3 Å². The van der Waals surface area contributed by atoms with Gasteiger partial charge in [0.2, 0.25) is 5.78 Å². The lowest BCUT2D eigenvalue weighted by atomic mass is 10.1. The lowest BCUT2D eigenvalue weighted by Crippen LogP contribution is -2.04. The van der Waals surface area contributed by atoms with E-state index in [0.29, 0.717) is 11.3 Å². The Morgan fingerprint density at radius 1 is 1.20 bits per heavy atom. The van der Waals surface area contributed by atoms with E-state index in [-0.39, 0.29) is 22.3 Å². The van der Waals surface area contributed by atoms with Gasteiger partial charge in [-0.1, -0.05) is 18.5 Å². The van der Waals surface area contributed by atoms with Gasteiger partial charge in [0.05, 0.1) is 19.8 Å². The molecule has 0 fully saturated rings. The van der Waals surface area contributed by atoms with Crippen molar-refractivity contribution in [2.75, 3.05) is 14.2 Å². The molecule has 0 atom stereocenters. The summed E-state index contributed by atoms with van der Waals surface area (Å²) in [5, 5.41) is 0.267. The van der Waals surface area contributed by atoms with Crippen LogP contribution in [0.5, 0.6) is 11.5 Å². The zero-order chi connectivity index (χ0) is 14.7. The van der Waals surface area contributed by atoms with Gasteiger partial charge < -0.3 is 13.9 Å². The fraction of sp³-hybridized carbons (Fsp3) is 0.267. The molecule has 2 rings (SSSR count). The molecule has 0 aliphatic carbocycles. The zero-order valence-corrected chi connectivity index (χ0v) is 12.3. The third-order valence-corrected chi connectivity index (χ3v) is 3.32. The van der Waals surface area contributed by atoms with Gasteiger partial charge in [-0.05, 0) is 24.3 Å². The van der Waals surface area contributed by atoms with Crippen LogP contribution in [0.25, 0.3) is 0 Å². The van der Waals surface area contributed by atoms with E-state index in [9.17, 15) is 4.79 Å². The molecule has 1 aromatic heterocycles. The molecule has 0 unspecified atom stereocenters. The minimum atomic E-state index is -0.272. The summed E-state index contributed by atoms with van der Waals surface area (Å²) in [6.45, 7) is 1.96. The van der Waals surface area contributed by atoms with Gasteiger partial charge in [-0.15, -0.1) is 0 Å². The van der Waals surface area contributed by atoms with Crippen molar-refractivity contribution in [2.24, 2.45) is 0 Å². The maximum absolute atomic E-state index is 12.4. The molecular formula is C15H15ClO4. The summed E-state index contributed by atoms with van der Waals surface area (Å²) >= 11 is 6.15. The molecule has 0 spiro atoms. The molecule has 106 valence electrons. The van der Waals surface area contributed by atoms with Crippen LogP contribution in [-0.2, 0) is 6.42 Å². The number of halogens is 1. The molecule has 1 heterocycles. The summed E-state index contributed by atoms with van der Waals surface area (Å²) in [5.41, 5.74) is 0.343. The second kappa shape index (κ2) is 6.01. The van der Waals surface area contributed by atoms with Crippen molar-refractivity contribution in [3.63, 3.8) is 0 Å². The van der Waals surface area contributed by atoms with Crippen LogP contribution in [0.1, 0.15) is 28.8 Å². The number of ketones is 1. The van der Waals surface area contributed by atoms with Gasteiger partial charge in [-0.2, -0.15) is 0 Å². The average Bonchev–Trinajstić information content (AvgIpc) is 2.95. The molecule has 0 saturated carbocycles. The Bertz CT molecular complexity index is 631. The summed E-state index contributed by atoms with van der Waals surface area (Å²) < 4.78 is 15.8.